The van der Waals surface area contributed by atoms with Crippen LogP contribution in [-0.4, -0.2) is 35.1 Å². The molecule has 4 fully saturated rings. The van der Waals surface area contributed by atoms with Gasteiger partial charge < -0.3 is 14.9 Å². The van der Waals surface area contributed by atoms with Crippen molar-refractivity contribution in [2.45, 2.75) is 90.3 Å². The molecule has 0 aromatic carbocycles. The summed E-state index contributed by atoms with van der Waals surface area (Å²) in [7, 11) is 0. The number of hydrogen-bond donors (Lipinski definition) is 2. The van der Waals surface area contributed by atoms with Crippen LogP contribution in [-0.2, 0) is 4.74 Å². The topological polar surface area (TPSA) is 49.7 Å². The first-order valence-electron chi connectivity index (χ1n) is 11.4. The van der Waals surface area contributed by atoms with Crippen LogP contribution in [0.4, 0.5) is 0 Å². The minimum atomic E-state index is -0.571. The fourth-order valence-electron chi connectivity index (χ4n) is 8.22. The fraction of sp³-hybridized carbons (Fsp3) is 1.00. The van der Waals surface area contributed by atoms with Crippen molar-refractivity contribution in [2.75, 3.05) is 13.2 Å². The van der Waals surface area contributed by atoms with Gasteiger partial charge in [-0.25, -0.2) is 0 Å². The lowest BCUT2D eigenvalue weighted by atomic mass is 9.49. The summed E-state index contributed by atoms with van der Waals surface area (Å²) in [6.07, 6.45) is 10.8. The third kappa shape index (κ3) is 3.06. The SMILES string of the molecule is CCOC[C@@]1(O)CC[C@H]2[C@H](CC[C@@H]3[C@@H]2CC[C@]2(C)[C@@H](C(C)O)CC[C@@H]32)C1. The summed E-state index contributed by atoms with van der Waals surface area (Å²) < 4.78 is 5.59. The lowest BCUT2D eigenvalue weighted by molar-refractivity contribution is -0.131. The second kappa shape index (κ2) is 7.04. The molecule has 0 aromatic rings. The first-order valence-corrected chi connectivity index (χ1v) is 11.4. The maximum Gasteiger partial charge on any atom is 0.0883 e. The van der Waals surface area contributed by atoms with Crippen LogP contribution in [0.1, 0.15) is 78.6 Å². The molecule has 0 heterocycles. The second-order valence-electron chi connectivity index (χ2n) is 10.5. The molecule has 0 bridgehead atoms. The zero-order valence-electron chi connectivity index (χ0n) is 17.1. The Morgan fingerprint density at radius 3 is 2.50 bits per heavy atom. The fourth-order valence-corrected chi connectivity index (χ4v) is 8.22. The van der Waals surface area contributed by atoms with Crippen LogP contribution in [0.2, 0.25) is 0 Å². The van der Waals surface area contributed by atoms with Gasteiger partial charge in [0.25, 0.3) is 0 Å². The van der Waals surface area contributed by atoms with E-state index < -0.39 is 5.60 Å². The molecule has 0 aromatic heterocycles. The summed E-state index contributed by atoms with van der Waals surface area (Å²) in [6, 6.07) is 0. The minimum Gasteiger partial charge on any atom is -0.393 e. The lowest BCUT2D eigenvalue weighted by Crippen LogP contribution is -2.52. The van der Waals surface area contributed by atoms with Crippen molar-refractivity contribution in [3.05, 3.63) is 0 Å². The first kappa shape index (κ1) is 19.2. The smallest absolute Gasteiger partial charge is 0.0883 e. The van der Waals surface area contributed by atoms with E-state index in [0.717, 1.165) is 36.5 Å². The minimum absolute atomic E-state index is 0.152. The molecule has 4 saturated carbocycles. The molecule has 4 rings (SSSR count). The molecule has 0 spiro atoms. The molecule has 3 nitrogen and oxygen atoms in total. The highest BCUT2D eigenvalue weighted by Gasteiger charge is 2.58. The molecule has 0 saturated heterocycles. The molecule has 26 heavy (non-hydrogen) atoms. The second-order valence-corrected chi connectivity index (χ2v) is 10.5. The zero-order chi connectivity index (χ0) is 18.5. The monoisotopic (exact) mass is 364 g/mol. The van der Waals surface area contributed by atoms with Gasteiger partial charge in [0.1, 0.15) is 0 Å². The van der Waals surface area contributed by atoms with Crippen LogP contribution in [0, 0.1) is 40.9 Å². The molecule has 1 unspecified atom stereocenters. The van der Waals surface area contributed by atoms with E-state index in [-0.39, 0.29) is 6.10 Å². The number of rotatable bonds is 4. The van der Waals surface area contributed by atoms with Gasteiger partial charge in [-0.2, -0.15) is 0 Å². The van der Waals surface area contributed by atoms with Crippen molar-refractivity contribution in [1.82, 2.24) is 0 Å². The number of aliphatic hydroxyl groups is 2. The van der Waals surface area contributed by atoms with Gasteiger partial charge in [0, 0.05) is 6.61 Å². The van der Waals surface area contributed by atoms with Crippen LogP contribution in [0.5, 0.6) is 0 Å². The maximum atomic E-state index is 11.0. The van der Waals surface area contributed by atoms with Crippen molar-refractivity contribution in [2.24, 2.45) is 40.9 Å². The predicted octanol–water partition coefficient (Wildman–Crippen LogP) is 4.40. The summed E-state index contributed by atoms with van der Waals surface area (Å²) in [5, 5.41) is 21.3. The Bertz CT molecular complexity index is 506. The Labute approximate surface area is 159 Å². The standard InChI is InChI=1S/C23H40O3/c1-4-26-14-23(25)12-10-17-16(13-23)5-6-19-18(17)9-11-22(3)20(15(2)24)7-8-21(19)22/h15-21,24-25H,4-14H2,1-3H3/t15?,16-,17+,18-,19-,20-,21+,22-,23-/m1/s1. The highest BCUT2D eigenvalue weighted by atomic mass is 16.5. The average Bonchev–Trinajstić information content (AvgIpc) is 2.97. The average molecular weight is 365 g/mol. The van der Waals surface area contributed by atoms with Gasteiger partial charge in [-0.1, -0.05) is 6.92 Å². The van der Waals surface area contributed by atoms with Gasteiger partial charge in [-0.05, 0) is 113 Å². The molecule has 2 N–H and O–H groups in total. The van der Waals surface area contributed by atoms with Crippen molar-refractivity contribution in [1.29, 1.82) is 0 Å². The summed E-state index contributed by atoms with van der Waals surface area (Å²) in [4.78, 5) is 0. The Kier molecular flexibility index (Phi) is 5.20. The number of ether oxygens (including phenoxy) is 1. The molecule has 4 aliphatic rings. The van der Waals surface area contributed by atoms with Crippen molar-refractivity contribution in [3.63, 3.8) is 0 Å². The van der Waals surface area contributed by atoms with E-state index in [4.69, 9.17) is 4.74 Å². The van der Waals surface area contributed by atoms with Crippen LogP contribution in [0.15, 0.2) is 0 Å². The van der Waals surface area contributed by atoms with Crippen LogP contribution in [0.3, 0.4) is 0 Å². The van der Waals surface area contributed by atoms with Crippen molar-refractivity contribution >= 4 is 0 Å². The summed E-state index contributed by atoms with van der Waals surface area (Å²) >= 11 is 0. The highest BCUT2D eigenvalue weighted by Crippen LogP contribution is 2.65. The summed E-state index contributed by atoms with van der Waals surface area (Å²) in [6.45, 7) is 7.75. The molecule has 3 heteroatoms. The van der Waals surface area contributed by atoms with E-state index in [2.05, 4.69) is 6.92 Å². The molecule has 150 valence electrons. The maximum absolute atomic E-state index is 11.0. The highest BCUT2D eigenvalue weighted by molar-refractivity contribution is 5.07. The molecular formula is C23H40O3. The molecular weight excluding hydrogens is 324 g/mol. The molecule has 0 aliphatic heterocycles. The van der Waals surface area contributed by atoms with Crippen LogP contribution >= 0.6 is 0 Å². The largest absolute Gasteiger partial charge is 0.393 e. The molecule has 9 atom stereocenters. The molecule has 0 radical (unpaired) electrons. The third-order valence-corrected chi connectivity index (χ3v) is 9.33. The van der Waals surface area contributed by atoms with E-state index in [1.165, 1.54) is 44.9 Å². The van der Waals surface area contributed by atoms with Gasteiger partial charge in [-0.3, -0.25) is 0 Å². The summed E-state index contributed by atoms with van der Waals surface area (Å²) in [5.74, 6) is 4.60. The molecule has 0 amide bonds. The first-order chi connectivity index (χ1) is 12.4. The summed E-state index contributed by atoms with van der Waals surface area (Å²) in [5.41, 5.74) is -0.204. The Morgan fingerprint density at radius 2 is 1.77 bits per heavy atom. The third-order valence-electron chi connectivity index (χ3n) is 9.33. The normalized spacial score (nSPS) is 52.0. The Morgan fingerprint density at radius 1 is 1.00 bits per heavy atom. The van der Waals surface area contributed by atoms with Gasteiger partial charge in [-0.15, -0.1) is 0 Å². The van der Waals surface area contributed by atoms with Crippen molar-refractivity contribution in [3.8, 4) is 0 Å². The quantitative estimate of drug-likeness (QED) is 0.777. The van der Waals surface area contributed by atoms with E-state index in [0.29, 0.717) is 30.5 Å². The Hall–Kier alpha value is -0.120. The van der Waals surface area contributed by atoms with E-state index in [9.17, 15) is 10.2 Å². The van der Waals surface area contributed by atoms with E-state index in [1.807, 2.05) is 13.8 Å². The van der Waals surface area contributed by atoms with Crippen LogP contribution < -0.4 is 0 Å². The predicted molar refractivity (Wildman–Crippen MR) is 104 cm³/mol. The Balaban J connectivity index is 1.47. The van der Waals surface area contributed by atoms with E-state index >= 15 is 0 Å². The van der Waals surface area contributed by atoms with Gasteiger partial charge in [0.2, 0.25) is 0 Å². The number of aliphatic hydroxyl groups excluding tert-OH is 1. The van der Waals surface area contributed by atoms with Crippen molar-refractivity contribution < 1.29 is 14.9 Å². The zero-order valence-corrected chi connectivity index (χ0v) is 17.1. The van der Waals surface area contributed by atoms with Crippen LogP contribution in [0.25, 0.3) is 0 Å². The number of fused-ring (bicyclic) bond motifs is 5. The van der Waals surface area contributed by atoms with Gasteiger partial charge in [0.05, 0.1) is 18.3 Å². The van der Waals surface area contributed by atoms with Gasteiger partial charge in [0.15, 0.2) is 0 Å². The van der Waals surface area contributed by atoms with Gasteiger partial charge >= 0.3 is 0 Å². The molecule has 4 aliphatic carbocycles. The lowest BCUT2D eigenvalue weighted by Gasteiger charge is -2.57. The van der Waals surface area contributed by atoms with E-state index in [1.54, 1.807) is 0 Å². The number of hydrogen-bond acceptors (Lipinski definition) is 3.